The molecule has 0 aliphatic carbocycles. The molecule has 6 heteroatoms. The van der Waals surface area contributed by atoms with E-state index in [9.17, 15) is 4.79 Å². The number of nitrogens with zero attached hydrogens (tertiary/aromatic N) is 4. The molecular weight excluding hydrogens is 122 g/mol. The molecule has 0 aliphatic rings. The number of hydrogen-bond donors (Lipinski definition) is 1. The highest BCUT2D eigenvalue weighted by molar-refractivity contribution is 5.73. The predicted octanol–water partition coefficient (Wildman–Crippen LogP) is -2.04. The fourth-order valence-electron chi connectivity index (χ4n) is 0.374. The molecule has 9 heavy (non-hydrogen) atoms. The van der Waals surface area contributed by atoms with Crippen molar-refractivity contribution in [2.24, 2.45) is 5.73 Å². The van der Waals surface area contributed by atoms with Crippen LogP contribution in [0.25, 0.3) is 0 Å². The zero-order valence-electron chi connectivity index (χ0n) is 4.48. The maximum Gasteiger partial charge on any atom is 0.239 e. The smallest absolute Gasteiger partial charge is 0.239 e. The van der Waals surface area contributed by atoms with Gasteiger partial charge in [0, 0.05) is 0 Å². The maximum atomic E-state index is 10.2. The van der Waals surface area contributed by atoms with E-state index in [4.69, 9.17) is 5.73 Å². The van der Waals surface area contributed by atoms with Crippen molar-refractivity contribution in [3.05, 3.63) is 6.33 Å². The standard InChI is InChI=1S/C3H4N5O/c4-3(9)1-8-2-5-6-7-8/h1H2,(H2,4,9). The summed E-state index contributed by atoms with van der Waals surface area (Å²) in [6.45, 7) is -0.0208. The third kappa shape index (κ3) is 1.48. The van der Waals surface area contributed by atoms with Crippen molar-refractivity contribution in [2.45, 2.75) is 6.54 Å². The Morgan fingerprint density at radius 3 is 3.00 bits per heavy atom. The molecule has 1 aromatic rings. The van der Waals surface area contributed by atoms with Crippen LogP contribution in [0.15, 0.2) is 0 Å². The van der Waals surface area contributed by atoms with E-state index >= 15 is 0 Å². The molecule has 47 valence electrons. The number of aromatic nitrogens is 4. The first-order valence-corrected chi connectivity index (χ1v) is 2.21. The third-order valence-electron chi connectivity index (χ3n) is 0.658. The Morgan fingerprint density at radius 2 is 2.56 bits per heavy atom. The topological polar surface area (TPSA) is 86.7 Å². The highest BCUT2D eigenvalue weighted by Crippen LogP contribution is 1.72. The van der Waals surface area contributed by atoms with Crippen molar-refractivity contribution in [1.29, 1.82) is 0 Å². The van der Waals surface area contributed by atoms with Crippen LogP contribution in [0, 0.1) is 6.33 Å². The normalized spacial score (nSPS) is 9.33. The summed E-state index contributed by atoms with van der Waals surface area (Å²) in [6.07, 6.45) is 2.31. The van der Waals surface area contributed by atoms with Gasteiger partial charge in [-0.05, 0) is 10.4 Å². The second-order valence-corrected chi connectivity index (χ2v) is 1.40. The van der Waals surface area contributed by atoms with Crippen molar-refractivity contribution in [3.63, 3.8) is 0 Å². The molecule has 1 amide bonds. The van der Waals surface area contributed by atoms with Crippen molar-refractivity contribution in [1.82, 2.24) is 20.2 Å². The second-order valence-electron chi connectivity index (χ2n) is 1.40. The van der Waals surface area contributed by atoms with Gasteiger partial charge in [0.25, 0.3) is 0 Å². The van der Waals surface area contributed by atoms with Gasteiger partial charge in [0.05, 0.1) is 0 Å². The van der Waals surface area contributed by atoms with Crippen LogP contribution in [-0.2, 0) is 11.3 Å². The average Bonchev–Trinajstić information content (AvgIpc) is 2.15. The zero-order valence-corrected chi connectivity index (χ0v) is 4.48. The molecule has 1 aromatic heterocycles. The summed E-state index contributed by atoms with van der Waals surface area (Å²) in [5.41, 5.74) is 4.81. The van der Waals surface area contributed by atoms with Crippen LogP contribution >= 0.6 is 0 Å². The largest absolute Gasteiger partial charge is 0.368 e. The summed E-state index contributed by atoms with van der Waals surface area (Å²) in [6, 6.07) is 0. The summed E-state index contributed by atoms with van der Waals surface area (Å²) < 4.78 is 1.13. The molecule has 1 heterocycles. The van der Waals surface area contributed by atoms with Gasteiger partial charge < -0.3 is 5.73 Å². The molecule has 0 saturated heterocycles. The van der Waals surface area contributed by atoms with Gasteiger partial charge in [-0.25, -0.2) is 4.68 Å². The third-order valence-corrected chi connectivity index (χ3v) is 0.658. The van der Waals surface area contributed by atoms with Gasteiger partial charge in [0.2, 0.25) is 12.2 Å². The van der Waals surface area contributed by atoms with Crippen LogP contribution in [0.5, 0.6) is 0 Å². The first-order chi connectivity index (χ1) is 4.29. The Balaban J connectivity index is 2.58. The van der Waals surface area contributed by atoms with Crippen LogP contribution in [-0.4, -0.2) is 26.1 Å². The van der Waals surface area contributed by atoms with Crippen molar-refractivity contribution in [3.8, 4) is 0 Å². The summed E-state index contributed by atoms with van der Waals surface area (Å²) in [4.78, 5) is 10.2. The summed E-state index contributed by atoms with van der Waals surface area (Å²) in [5, 5.41) is 9.77. The highest BCUT2D eigenvalue weighted by atomic mass is 16.1. The number of carbonyl (C=O) groups is 1. The SMILES string of the molecule is NC(=O)Cn1[c]nnn1. The number of rotatable bonds is 2. The quantitative estimate of drug-likeness (QED) is 0.494. The van der Waals surface area contributed by atoms with E-state index in [2.05, 4.69) is 21.9 Å². The first-order valence-electron chi connectivity index (χ1n) is 2.21. The van der Waals surface area contributed by atoms with E-state index in [1.807, 2.05) is 0 Å². The Morgan fingerprint density at radius 1 is 1.78 bits per heavy atom. The molecule has 0 fully saturated rings. The van der Waals surface area contributed by atoms with E-state index < -0.39 is 5.91 Å². The fraction of sp³-hybridized carbons (Fsp3) is 0.333. The molecule has 1 radical (unpaired) electrons. The molecule has 0 aliphatic heterocycles. The lowest BCUT2D eigenvalue weighted by molar-refractivity contribution is -0.118. The Labute approximate surface area is 50.6 Å². The minimum absolute atomic E-state index is 0.0208. The van der Waals surface area contributed by atoms with Crippen molar-refractivity contribution < 1.29 is 4.79 Å². The minimum atomic E-state index is -0.487. The number of hydrogen-bond acceptors (Lipinski definition) is 4. The van der Waals surface area contributed by atoms with Gasteiger partial charge in [0.15, 0.2) is 0 Å². The second kappa shape index (κ2) is 2.21. The molecular formula is C3H4N5O. The number of amides is 1. The fourth-order valence-corrected chi connectivity index (χ4v) is 0.374. The molecule has 0 unspecified atom stereocenters. The van der Waals surface area contributed by atoms with Crippen molar-refractivity contribution >= 4 is 5.91 Å². The van der Waals surface area contributed by atoms with Crippen LogP contribution in [0.2, 0.25) is 0 Å². The van der Waals surface area contributed by atoms with E-state index in [1.165, 1.54) is 0 Å². The number of nitrogens with two attached hydrogens (primary N) is 1. The van der Waals surface area contributed by atoms with Gasteiger partial charge in [-0.3, -0.25) is 4.79 Å². The molecule has 6 nitrogen and oxygen atoms in total. The molecule has 0 saturated carbocycles. The summed E-state index contributed by atoms with van der Waals surface area (Å²) >= 11 is 0. The minimum Gasteiger partial charge on any atom is -0.368 e. The summed E-state index contributed by atoms with van der Waals surface area (Å²) in [7, 11) is 0. The number of carbonyl (C=O) groups excluding carboxylic acids is 1. The van der Waals surface area contributed by atoms with E-state index in [1.54, 1.807) is 0 Å². The zero-order chi connectivity index (χ0) is 6.69. The molecule has 0 bridgehead atoms. The maximum absolute atomic E-state index is 10.2. The van der Waals surface area contributed by atoms with Gasteiger partial charge in [-0.1, -0.05) is 0 Å². The first kappa shape index (κ1) is 5.67. The average molecular weight is 126 g/mol. The van der Waals surface area contributed by atoms with E-state index in [0.717, 1.165) is 4.68 Å². The van der Waals surface area contributed by atoms with Gasteiger partial charge in [-0.2, -0.15) is 0 Å². The molecule has 1 rings (SSSR count). The van der Waals surface area contributed by atoms with Crippen LogP contribution in [0.3, 0.4) is 0 Å². The number of tetrazole rings is 1. The van der Waals surface area contributed by atoms with Gasteiger partial charge >= 0.3 is 0 Å². The lowest BCUT2D eigenvalue weighted by Crippen LogP contribution is -2.19. The number of primary amides is 1. The highest BCUT2D eigenvalue weighted by Gasteiger charge is 1.96. The summed E-state index contributed by atoms with van der Waals surface area (Å²) in [5.74, 6) is -0.487. The van der Waals surface area contributed by atoms with E-state index in [-0.39, 0.29) is 6.54 Å². The van der Waals surface area contributed by atoms with Crippen molar-refractivity contribution in [2.75, 3.05) is 0 Å². The Kier molecular flexibility index (Phi) is 1.39. The van der Waals surface area contributed by atoms with Crippen LogP contribution < -0.4 is 5.73 Å². The Hall–Kier alpha value is -1.46. The molecule has 0 atom stereocenters. The lowest BCUT2D eigenvalue weighted by atomic mass is 10.6. The molecule has 0 spiro atoms. The van der Waals surface area contributed by atoms with Gasteiger partial charge in [-0.15, -0.1) is 5.10 Å². The molecule has 0 aromatic carbocycles. The van der Waals surface area contributed by atoms with Crippen LogP contribution in [0.4, 0.5) is 0 Å². The van der Waals surface area contributed by atoms with Gasteiger partial charge in [0.1, 0.15) is 6.54 Å². The predicted molar refractivity (Wildman–Crippen MR) is 25.8 cm³/mol. The lowest BCUT2D eigenvalue weighted by Gasteiger charge is -1.88. The van der Waals surface area contributed by atoms with Crippen LogP contribution in [0.1, 0.15) is 0 Å². The van der Waals surface area contributed by atoms with E-state index in [0.29, 0.717) is 0 Å². The monoisotopic (exact) mass is 126 g/mol. The molecule has 2 N–H and O–H groups in total. The Bertz CT molecular complexity index is 192.